The Morgan fingerprint density at radius 3 is 2.93 bits per heavy atom. The van der Waals surface area contributed by atoms with Gasteiger partial charge in [-0.2, -0.15) is 5.10 Å². The zero-order chi connectivity index (χ0) is 10.1. The van der Waals surface area contributed by atoms with Gasteiger partial charge in [-0.1, -0.05) is 0 Å². The molecule has 2 rings (SSSR count). The minimum absolute atomic E-state index is 0.160. The molecule has 0 saturated heterocycles. The lowest BCUT2D eigenvalue weighted by atomic mass is 10.6. The van der Waals surface area contributed by atoms with E-state index in [1.54, 1.807) is 31.8 Å². The second-order valence-electron chi connectivity index (χ2n) is 2.77. The molecule has 2 aromatic heterocycles. The van der Waals surface area contributed by atoms with Crippen molar-refractivity contribution in [1.82, 2.24) is 19.3 Å². The first-order chi connectivity index (χ1) is 6.68. The minimum atomic E-state index is -0.160. The van der Waals surface area contributed by atoms with E-state index in [-0.39, 0.29) is 5.56 Å². The highest BCUT2D eigenvalue weighted by Crippen LogP contribution is 2.03. The molecule has 0 aromatic carbocycles. The Labute approximate surface area is 93.5 Å². The zero-order valence-corrected chi connectivity index (χ0v) is 9.54. The first-order valence-corrected chi connectivity index (χ1v) is 4.98. The van der Waals surface area contributed by atoms with Crippen LogP contribution in [0, 0.1) is 3.57 Å². The fraction of sp³-hybridized carbons (Fsp3) is 0.125. The predicted molar refractivity (Wildman–Crippen MR) is 59.3 cm³/mol. The summed E-state index contributed by atoms with van der Waals surface area (Å²) in [5.41, 5.74) is -0.160. The van der Waals surface area contributed by atoms with Crippen molar-refractivity contribution >= 4 is 22.6 Å². The second-order valence-corrected chi connectivity index (χ2v) is 4.02. The van der Waals surface area contributed by atoms with E-state index in [9.17, 15) is 4.79 Å². The van der Waals surface area contributed by atoms with Gasteiger partial charge in [-0.25, -0.2) is 9.67 Å². The molecule has 0 aliphatic heterocycles. The van der Waals surface area contributed by atoms with Gasteiger partial charge < -0.3 is 4.57 Å². The first-order valence-electron chi connectivity index (χ1n) is 3.90. The number of nitrogens with zero attached hydrogens (tertiary/aromatic N) is 4. The molecule has 0 unspecified atom stereocenters. The molecule has 72 valence electrons. The molecule has 2 heterocycles. The van der Waals surface area contributed by atoms with Crippen LogP contribution in [0.15, 0.2) is 29.6 Å². The van der Waals surface area contributed by atoms with Crippen molar-refractivity contribution in [3.05, 3.63) is 38.7 Å². The van der Waals surface area contributed by atoms with Gasteiger partial charge in [0.1, 0.15) is 0 Å². The summed E-state index contributed by atoms with van der Waals surface area (Å²) in [6.45, 7) is 0. The number of rotatable bonds is 1. The summed E-state index contributed by atoms with van der Waals surface area (Å²) in [5.74, 6) is 0.318. The predicted octanol–water partition coefficient (Wildman–Crippen LogP) is 0.571. The fourth-order valence-corrected chi connectivity index (χ4v) is 1.45. The maximum atomic E-state index is 11.6. The molecular formula is C8H7IN4O. The van der Waals surface area contributed by atoms with E-state index >= 15 is 0 Å². The van der Waals surface area contributed by atoms with Gasteiger partial charge >= 0.3 is 0 Å². The van der Waals surface area contributed by atoms with E-state index in [0.717, 1.165) is 3.57 Å². The van der Waals surface area contributed by atoms with Crippen LogP contribution in [-0.2, 0) is 7.05 Å². The fourth-order valence-electron chi connectivity index (χ4n) is 1.06. The smallest absolute Gasteiger partial charge is 0.295 e. The van der Waals surface area contributed by atoms with Crippen LogP contribution in [0.5, 0.6) is 0 Å². The molecule has 0 N–H and O–H groups in total. The minimum Gasteiger partial charge on any atom is -0.314 e. The van der Waals surface area contributed by atoms with E-state index in [4.69, 9.17) is 0 Å². The Bertz CT molecular complexity index is 516. The summed E-state index contributed by atoms with van der Waals surface area (Å²) in [6.07, 6.45) is 6.62. The normalized spacial score (nSPS) is 10.4. The molecule has 2 aromatic rings. The van der Waals surface area contributed by atoms with Gasteiger partial charge in [-0.15, -0.1) is 0 Å². The standard InChI is InChI=1S/C8H7IN4O/c1-12-3-2-10-7(8(12)14)13-5-6(9)4-11-13/h2-5H,1H3. The lowest BCUT2D eigenvalue weighted by molar-refractivity contribution is 0.766. The van der Waals surface area contributed by atoms with Crippen LogP contribution < -0.4 is 5.56 Å². The molecule has 0 bridgehead atoms. The van der Waals surface area contributed by atoms with Crippen molar-refractivity contribution in [3.8, 4) is 5.82 Å². The molecule has 0 amide bonds. The summed E-state index contributed by atoms with van der Waals surface area (Å²) in [6, 6.07) is 0. The topological polar surface area (TPSA) is 52.7 Å². The third-order valence-corrected chi connectivity index (χ3v) is 2.32. The van der Waals surface area contributed by atoms with Gasteiger partial charge in [0.25, 0.3) is 5.56 Å². The maximum absolute atomic E-state index is 11.6. The first kappa shape index (κ1) is 9.38. The lowest BCUT2D eigenvalue weighted by Gasteiger charge is -2.00. The van der Waals surface area contributed by atoms with E-state index < -0.39 is 0 Å². The van der Waals surface area contributed by atoms with Crippen LogP contribution in [0.25, 0.3) is 5.82 Å². The SMILES string of the molecule is Cn1ccnc(-n2cc(I)cn2)c1=O. The lowest BCUT2D eigenvalue weighted by Crippen LogP contribution is -2.23. The van der Waals surface area contributed by atoms with Gasteiger partial charge in [0.2, 0.25) is 5.82 Å². The quantitative estimate of drug-likeness (QED) is 0.724. The third kappa shape index (κ3) is 1.57. The summed E-state index contributed by atoms with van der Waals surface area (Å²) in [5, 5.41) is 4.02. The Morgan fingerprint density at radius 2 is 2.29 bits per heavy atom. The number of aromatic nitrogens is 4. The highest BCUT2D eigenvalue weighted by atomic mass is 127. The Morgan fingerprint density at radius 1 is 1.50 bits per heavy atom. The van der Waals surface area contributed by atoms with Crippen molar-refractivity contribution in [3.63, 3.8) is 0 Å². The van der Waals surface area contributed by atoms with Crippen molar-refractivity contribution in [2.45, 2.75) is 0 Å². The monoisotopic (exact) mass is 302 g/mol. The van der Waals surface area contributed by atoms with Gasteiger partial charge in [-0.05, 0) is 22.6 Å². The molecule has 0 radical (unpaired) electrons. The largest absolute Gasteiger partial charge is 0.314 e. The van der Waals surface area contributed by atoms with Crippen molar-refractivity contribution in [2.75, 3.05) is 0 Å². The van der Waals surface area contributed by atoms with Crippen LogP contribution in [-0.4, -0.2) is 19.3 Å². The van der Waals surface area contributed by atoms with Gasteiger partial charge in [-0.3, -0.25) is 4.79 Å². The molecule has 0 aliphatic carbocycles. The summed E-state index contributed by atoms with van der Waals surface area (Å²) in [4.78, 5) is 15.6. The van der Waals surface area contributed by atoms with Crippen molar-refractivity contribution in [1.29, 1.82) is 0 Å². The van der Waals surface area contributed by atoms with Gasteiger partial charge in [0, 0.05) is 25.6 Å². The van der Waals surface area contributed by atoms with Crippen molar-refractivity contribution in [2.24, 2.45) is 7.05 Å². The molecule has 5 nitrogen and oxygen atoms in total. The van der Waals surface area contributed by atoms with E-state index in [1.165, 1.54) is 9.25 Å². The van der Waals surface area contributed by atoms with Crippen LogP contribution in [0.2, 0.25) is 0 Å². The average Bonchev–Trinajstić information content (AvgIpc) is 2.57. The molecule has 0 atom stereocenters. The summed E-state index contributed by atoms with van der Waals surface area (Å²) < 4.78 is 3.91. The number of hydrogen-bond donors (Lipinski definition) is 0. The van der Waals surface area contributed by atoms with Crippen LogP contribution in [0.4, 0.5) is 0 Å². The average molecular weight is 302 g/mol. The van der Waals surface area contributed by atoms with Crippen LogP contribution >= 0.6 is 22.6 Å². The van der Waals surface area contributed by atoms with Crippen LogP contribution in [0.3, 0.4) is 0 Å². The Kier molecular flexibility index (Phi) is 2.36. The molecule has 0 saturated carbocycles. The highest BCUT2D eigenvalue weighted by Gasteiger charge is 2.05. The molecule has 6 heteroatoms. The molecule has 0 fully saturated rings. The second kappa shape index (κ2) is 3.52. The van der Waals surface area contributed by atoms with Gasteiger partial charge in [0.15, 0.2) is 0 Å². The molecule has 14 heavy (non-hydrogen) atoms. The molecular weight excluding hydrogens is 295 g/mol. The summed E-state index contributed by atoms with van der Waals surface area (Å²) >= 11 is 2.13. The number of hydrogen-bond acceptors (Lipinski definition) is 3. The van der Waals surface area contributed by atoms with E-state index in [1.807, 2.05) is 0 Å². The molecule has 0 spiro atoms. The highest BCUT2D eigenvalue weighted by molar-refractivity contribution is 14.1. The number of aryl methyl sites for hydroxylation is 1. The number of halogens is 1. The summed E-state index contributed by atoms with van der Waals surface area (Å²) in [7, 11) is 1.68. The van der Waals surface area contributed by atoms with E-state index in [2.05, 4.69) is 32.7 Å². The van der Waals surface area contributed by atoms with Crippen molar-refractivity contribution < 1.29 is 0 Å². The Balaban J connectivity index is 2.63. The van der Waals surface area contributed by atoms with Gasteiger partial charge in [0.05, 0.1) is 9.77 Å². The van der Waals surface area contributed by atoms with Crippen LogP contribution in [0.1, 0.15) is 0 Å². The van der Waals surface area contributed by atoms with E-state index in [0.29, 0.717) is 5.82 Å². The Hall–Kier alpha value is -1.18. The third-order valence-electron chi connectivity index (χ3n) is 1.77. The molecule has 0 aliphatic rings. The maximum Gasteiger partial charge on any atom is 0.295 e. The zero-order valence-electron chi connectivity index (χ0n) is 7.38.